The Labute approximate surface area is 130 Å². The normalized spacial score (nSPS) is 12.8. The summed E-state index contributed by atoms with van der Waals surface area (Å²) in [5, 5.41) is 5.50. The molecule has 0 saturated heterocycles. The fraction of sp³-hybridized carbons (Fsp3) is 0.625. The molecule has 116 valence electrons. The first kappa shape index (κ1) is 16.0. The smallest absolute Gasteiger partial charge is 0.264 e. The van der Waals surface area contributed by atoms with Crippen molar-refractivity contribution in [3.05, 3.63) is 16.6 Å². The molecule has 0 bridgehead atoms. The summed E-state index contributed by atoms with van der Waals surface area (Å²) >= 11 is 1.55. The first-order chi connectivity index (χ1) is 9.99. The summed E-state index contributed by atoms with van der Waals surface area (Å²) in [6.07, 6.45) is 3.15. The van der Waals surface area contributed by atoms with Gasteiger partial charge in [0, 0.05) is 25.0 Å². The summed E-state index contributed by atoms with van der Waals surface area (Å²) in [6.45, 7) is 9.26. The summed E-state index contributed by atoms with van der Waals surface area (Å²) in [6, 6.07) is 2.29. The lowest BCUT2D eigenvalue weighted by molar-refractivity contribution is 0.0690. The van der Waals surface area contributed by atoms with E-state index in [9.17, 15) is 4.79 Å². The van der Waals surface area contributed by atoms with E-state index in [0.717, 1.165) is 46.6 Å². The van der Waals surface area contributed by atoms with Crippen LogP contribution in [0, 0.1) is 6.92 Å². The highest BCUT2D eigenvalue weighted by Gasteiger charge is 2.23. The SMILES string of the molecule is CCCCN(C(=O)c1cc2c(C)nn(C)c2s1)C(C)CC. The van der Waals surface area contributed by atoms with Crippen LogP contribution in [-0.2, 0) is 7.05 Å². The van der Waals surface area contributed by atoms with Crippen LogP contribution in [0.15, 0.2) is 6.07 Å². The summed E-state index contributed by atoms with van der Waals surface area (Å²) < 4.78 is 1.87. The average Bonchev–Trinajstić information content (AvgIpc) is 3.01. The maximum absolute atomic E-state index is 12.8. The van der Waals surface area contributed by atoms with Crippen LogP contribution in [0.25, 0.3) is 10.2 Å². The maximum Gasteiger partial charge on any atom is 0.264 e. The largest absolute Gasteiger partial charge is 0.335 e. The molecule has 0 fully saturated rings. The van der Waals surface area contributed by atoms with Crippen molar-refractivity contribution in [2.45, 2.75) is 53.0 Å². The second-order valence-electron chi connectivity index (χ2n) is 5.65. The third-order valence-corrected chi connectivity index (χ3v) is 5.23. The van der Waals surface area contributed by atoms with Gasteiger partial charge < -0.3 is 4.90 Å². The van der Waals surface area contributed by atoms with Gasteiger partial charge >= 0.3 is 0 Å². The molecule has 4 nitrogen and oxygen atoms in total. The Hall–Kier alpha value is -1.36. The highest BCUT2D eigenvalue weighted by molar-refractivity contribution is 7.20. The number of carbonyl (C=O) groups excluding carboxylic acids is 1. The van der Waals surface area contributed by atoms with E-state index in [1.165, 1.54) is 0 Å². The summed E-state index contributed by atoms with van der Waals surface area (Å²) in [4.78, 5) is 16.8. The van der Waals surface area contributed by atoms with E-state index < -0.39 is 0 Å². The molecule has 1 amide bonds. The van der Waals surface area contributed by atoms with Gasteiger partial charge in [-0.15, -0.1) is 11.3 Å². The Balaban J connectivity index is 2.31. The summed E-state index contributed by atoms with van der Waals surface area (Å²) in [5.74, 6) is 0.165. The van der Waals surface area contributed by atoms with Gasteiger partial charge in [-0.05, 0) is 32.8 Å². The molecule has 1 atom stereocenters. The van der Waals surface area contributed by atoms with Crippen LogP contribution < -0.4 is 0 Å². The van der Waals surface area contributed by atoms with Crippen molar-refractivity contribution in [2.75, 3.05) is 6.54 Å². The van der Waals surface area contributed by atoms with Crippen LogP contribution in [-0.4, -0.2) is 33.2 Å². The van der Waals surface area contributed by atoms with E-state index in [0.29, 0.717) is 0 Å². The van der Waals surface area contributed by atoms with E-state index >= 15 is 0 Å². The third kappa shape index (κ3) is 3.12. The molecule has 2 rings (SSSR count). The number of rotatable bonds is 6. The molecule has 0 radical (unpaired) electrons. The standard InChI is InChI=1S/C16H25N3OS/c1-6-8-9-19(11(3)7-2)15(20)14-10-13-12(4)17-18(5)16(13)21-14/h10-11H,6-9H2,1-5H3. The highest BCUT2D eigenvalue weighted by Crippen LogP contribution is 2.29. The van der Waals surface area contributed by atoms with E-state index in [2.05, 4.69) is 25.9 Å². The molecule has 2 heterocycles. The monoisotopic (exact) mass is 307 g/mol. The van der Waals surface area contributed by atoms with Crippen LogP contribution in [0.1, 0.15) is 55.4 Å². The van der Waals surface area contributed by atoms with E-state index in [4.69, 9.17) is 0 Å². The van der Waals surface area contributed by atoms with Crippen LogP contribution in [0.2, 0.25) is 0 Å². The van der Waals surface area contributed by atoms with E-state index in [1.807, 2.05) is 29.6 Å². The van der Waals surface area contributed by atoms with Gasteiger partial charge in [-0.25, -0.2) is 0 Å². The molecule has 0 aliphatic carbocycles. The zero-order chi connectivity index (χ0) is 15.6. The average molecular weight is 307 g/mol. The molecule has 5 heteroatoms. The molecule has 1 unspecified atom stereocenters. The molecular formula is C16H25N3OS. The minimum Gasteiger partial charge on any atom is -0.335 e. The topological polar surface area (TPSA) is 38.1 Å². The van der Waals surface area contributed by atoms with Crippen molar-refractivity contribution >= 4 is 27.5 Å². The Morgan fingerprint density at radius 2 is 2.19 bits per heavy atom. The summed E-state index contributed by atoms with van der Waals surface area (Å²) in [5.41, 5.74) is 0.992. The fourth-order valence-electron chi connectivity index (χ4n) is 2.52. The van der Waals surface area contributed by atoms with Crippen LogP contribution >= 0.6 is 11.3 Å². The van der Waals surface area contributed by atoms with Gasteiger partial charge in [0.25, 0.3) is 5.91 Å². The van der Waals surface area contributed by atoms with E-state index in [1.54, 1.807) is 11.3 Å². The molecule has 0 spiro atoms. The number of thiophene rings is 1. The first-order valence-electron chi connectivity index (χ1n) is 7.73. The number of amides is 1. The molecule has 0 aliphatic rings. The molecule has 2 aromatic rings. The molecule has 0 aliphatic heterocycles. The second-order valence-corrected chi connectivity index (χ2v) is 6.68. The van der Waals surface area contributed by atoms with Crippen LogP contribution in [0.3, 0.4) is 0 Å². The minimum absolute atomic E-state index is 0.165. The predicted octanol–water partition coefficient (Wildman–Crippen LogP) is 3.98. The van der Waals surface area contributed by atoms with E-state index in [-0.39, 0.29) is 11.9 Å². The second kappa shape index (κ2) is 6.60. The Kier molecular flexibility index (Phi) is 5.04. The Morgan fingerprint density at radius 1 is 1.48 bits per heavy atom. The third-order valence-electron chi connectivity index (χ3n) is 4.04. The molecule has 0 aromatic carbocycles. The maximum atomic E-state index is 12.8. The number of hydrogen-bond donors (Lipinski definition) is 0. The number of aromatic nitrogens is 2. The van der Waals surface area contributed by atoms with Crippen molar-refractivity contribution in [1.29, 1.82) is 0 Å². The summed E-state index contributed by atoms with van der Waals surface area (Å²) in [7, 11) is 1.93. The predicted molar refractivity (Wildman–Crippen MR) is 89.0 cm³/mol. The molecule has 2 aromatic heterocycles. The fourth-order valence-corrected chi connectivity index (χ4v) is 3.60. The number of aryl methyl sites for hydroxylation is 2. The first-order valence-corrected chi connectivity index (χ1v) is 8.55. The molecule has 21 heavy (non-hydrogen) atoms. The lowest BCUT2D eigenvalue weighted by atomic mass is 10.2. The molecule has 0 saturated carbocycles. The lowest BCUT2D eigenvalue weighted by Gasteiger charge is -2.28. The quantitative estimate of drug-likeness (QED) is 0.809. The lowest BCUT2D eigenvalue weighted by Crippen LogP contribution is -2.38. The number of nitrogens with zero attached hydrogens (tertiary/aromatic N) is 3. The Bertz CT molecular complexity index is 594. The number of fused-ring (bicyclic) bond motifs is 1. The minimum atomic E-state index is 0.165. The zero-order valence-electron chi connectivity index (χ0n) is 13.6. The Morgan fingerprint density at radius 3 is 2.76 bits per heavy atom. The molecule has 0 N–H and O–H groups in total. The van der Waals surface area contributed by atoms with Gasteiger partial charge in [0.2, 0.25) is 0 Å². The highest BCUT2D eigenvalue weighted by atomic mass is 32.1. The van der Waals surface area contributed by atoms with Gasteiger partial charge in [0.15, 0.2) is 0 Å². The van der Waals surface area contributed by atoms with Gasteiger partial charge in [-0.3, -0.25) is 9.48 Å². The number of unbranched alkanes of at least 4 members (excludes halogenated alkanes) is 1. The van der Waals surface area contributed by atoms with Gasteiger partial charge in [0.05, 0.1) is 10.6 Å². The number of carbonyl (C=O) groups is 1. The van der Waals surface area contributed by atoms with Gasteiger partial charge in [-0.2, -0.15) is 5.10 Å². The van der Waals surface area contributed by atoms with Crippen LogP contribution in [0.4, 0.5) is 0 Å². The van der Waals surface area contributed by atoms with Crippen molar-refractivity contribution in [1.82, 2.24) is 14.7 Å². The zero-order valence-corrected chi connectivity index (χ0v) is 14.5. The van der Waals surface area contributed by atoms with Gasteiger partial charge in [0.1, 0.15) is 4.83 Å². The number of hydrogen-bond acceptors (Lipinski definition) is 3. The van der Waals surface area contributed by atoms with Crippen molar-refractivity contribution < 1.29 is 4.79 Å². The van der Waals surface area contributed by atoms with Crippen molar-refractivity contribution in [3.8, 4) is 0 Å². The van der Waals surface area contributed by atoms with Crippen LogP contribution in [0.5, 0.6) is 0 Å². The van der Waals surface area contributed by atoms with Gasteiger partial charge in [-0.1, -0.05) is 20.3 Å². The van der Waals surface area contributed by atoms with Crippen molar-refractivity contribution in [3.63, 3.8) is 0 Å². The van der Waals surface area contributed by atoms with Crippen molar-refractivity contribution in [2.24, 2.45) is 7.05 Å². The molecular weight excluding hydrogens is 282 g/mol.